The summed E-state index contributed by atoms with van der Waals surface area (Å²) in [6.45, 7) is 4.70. The van der Waals surface area contributed by atoms with Crippen molar-refractivity contribution in [2.75, 3.05) is 45.9 Å². The molecule has 2 aromatic rings. The van der Waals surface area contributed by atoms with Gasteiger partial charge in [-0.2, -0.15) is 5.10 Å². The highest BCUT2D eigenvalue weighted by Gasteiger charge is 2.40. The first kappa shape index (κ1) is 20.4. The van der Waals surface area contributed by atoms with Crippen LogP contribution in [0.15, 0.2) is 42.7 Å². The minimum absolute atomic E-state index is 0.175. The first-order valence-corrected chi connectivity index (χ1v) is 10.9. The van der Waals surface area contributed by atoms with E-state index >= 15 is 0 Å². The monoisotopic (exact) mass is 426 g/mol. The van der Waals surface area contributed by atoms with Crippen LogP contribution in [0.2, 0.25) is 0 Å². The Morgan fingerprint density at radius 1 is 1.10 bits per heavy atom. The molecule has 1 aromatic carbocycles. The van der Waals surface area contributed by atoms with Crippen molar-refractivity contribution >= 4 is 11.5 Å². The van der Waals surface area contributed by atoms with Crippen LogP contribution in [-0.4, -0.2) is 77.2 Å². The summed E-state index contributed by atoms with van der Waals surface area (Å²) in [6.07, 6.45) is 8.35. The molecule has 0 saturated carbocycles. The van der Waals surface area contributed by atoms with Gasteiger partial charge in [-0.3, -0.25) is 9.69 Å². The number of aromatic nitrogens is 2. The summed E-state index contributed by atoms with van der Waals surface area (Å²) in [5.74, 6) is -0.531. The zero-order valence-corrected chi connectivity index (χ0v) is 17.5. The van der Waals surface area contributed by atoms with Gasteiger partial charge in [-0.15, -0.1) is 0 Å². The van der Waals surface area contributed by atoms with Gasteiger partial charge in [0.1, 0.15) is 5.82 Å². The van der Waals surface area contributed by atoms with Gasteiger partial charge in [0.25, 0.3) is 0 Å². The lowest BCUT2D eigenvalue weighted by Crippen LogP contribution is -2.50. The van der Waals surface area contributed by atoms with Crippen molar-refractivity contribution in [3.63, 3.8) is 0 Å². The lowest BCUT2D eigenvalue weighted by atomic mass is 10.0. The maximum Gasteiger partial charge on any atom is 0.236 e. The lowest BCUT2D eigenvalue weighted by molar-refractivity contribution is -0.187. The third-order valence-electron chi connectivity index (χ3n) is 6.39. The van der Waals surface area contributed by atoms with Gasteiger partial charge in [-0.05, 0) is 36.3 Å². The van der Waals surface area contributed by atoms with Gasteiger partial charge < -0.3 is 14.4 Å². The molecule has 3 aliphatic heterocycles. The predicted octanol–water partition coefficient (Wildman–Crippen LogP) is 2.47. The number of carbonyl (C=O) groups excluding carboxylic acids is 1. The van der Waals surface area contributed by atoms with Crippen molar-refractivity contribution in [3.8, 4) is 5.69 Å². The molecule has 3 aliphatic rings. The summed E-state index contributed by atoms with van der Waals surface area (Å²) in [6, 6.07) is 6.28. The largest absolute Gasteiger partial charge is 0.347 e. The van der Waals surface area contributed by atoms with E-state index in [2.05, 4.69) is 16.1 Å². The van der Waals surface area contributed by atoms with Crippen molar-refractivity contribution in [3.05, 3.63) is 54.1 Å². The van der Waals surface area contributed by atoms with Gasteiger partial charge in [-0.25, -0.2) is 9.07 Å². The highest BCUT2D eigenvalue weighted by molar-refractivity contribution is 5.78. The van der Waals surface area contributed by atoms with Crippen molar-refractivity contribution in [1.82, 2.24) is 19.6 Å². The number of carbonyl (C=O) groups is 1. The van der Waals surface area contributed by atoms with Gasteiger partial charge in [0.05, 0.1) is 31.6 Å². The van der Waals surface area contributed by atoms with Crippen LogP contribution in [0.5, 0.6) is 0 Å². The second kappa shape index (κ2) is 8.53. The molecule has 7 nitrogen and oxygen atoms in total. The summed E-state index contributed by atoms with van der Waals surface area (Å²) < 4.78 is 26.4. The maximum atomic E-state index is 13.1. The topological polar surface area (TPSA) is 59.8 Å². The average molecular weight is 426 g/mol. The van der Waals surface area contributed by atoms with E-state index in [-0.39, 0.29) is 11.7 Å². The highest BCUT2D eigenvalue weighted by Crippen LogP contribution is 2.31. The Hall–Kier alpha value is -2.55. The molecular formula is C23H27FN4O3. The molecule has 5 rings (SSSR count). The van der Waals surface area contributed by atoms with Crippen LogP contribution in [0.3, 0.4) is 0 Å². The van der Waals surface area contributed by atoms with E-state index in [0.29, 0.717) is 32.8 Å². The molecule has 0 radical (unpaired) electrons. The lowest BCUT2D eigenvalue weighted by Gasteiger charge is -2.38. The Balaban J connectivity index is 1.14. The van der Waals surface area contributed by atoms with Crippen molar-refractivity contribution in [1.29, 1.82) is 0 Å². The number of piperidine rings is 1. The van der Waals surface area contributed by atoms with E-state index in [4.69, 9.17) is 9.47 Å². The molecular weight excluding hydrogens is 399 g/mol. The Bertz CT molecular complexity index is 955. The Morgan fingerprint density at radius 2 is 1.84 bits per heavy atom. The molecule has 31 heavy (non-hydrogen) atoms. The van der Waals surface area contributed by atoms with Gasteiger partial charge in [0.2, 0.25) is 5.91 Å². The molecule has 8 heteroatoms. The van der Waals surface area contributed by atoms with Crippen molar-refractivity contribution < 1.29 is 18.7 Å². The average Bonchev–Trinajstić information content (AvgIpc) is 3.46. The molecule has 1 aromatic heterocycles. The summed E-state index contributed by atoms with van der Waals surface area (Å²) in [5.41, 5.74) is 3.12. The molecule has 1 spiro atoms. The molecule has 0 N–H and O–H groups in total. The van der Waals surface area contributed by atoms with Crippen LogP contribution >= 0.6 is 0 Å². The summed E-state index contributed by atoms with van der Waals surface area (Å²) in [5, 5.41) is 4.41. The SMILES string of the molecule is O=C(CN1CC=C(c2cnn(-c3ccc(F)cc3)c2)CC1)N1CCC2(CC1)OCCO2. The Labute approximate surface area is 181 Å². The fraction of sp³-hybridized carbons (Fsp3) is 0.478. The second-order valence-corrected chi connectivity index (χ2v) is 8.35. The van der Waals surface area contributed by atoms with E-state index < -0.39 is 5.79 Å². The number of hydrogen-bond acceptors (Lipinski definition) is 5. The number of rotatable bonds is 4. The van der Waals surface area contributed by atoms with Crippen LogP contribution in [0.25, 0.3) is 11.3 Å². The summed E-state index contributed by atoms with van der Waals surface area (Å²) in [7, 11) is 0. The number of benzene rings is 1. The molecule has 1 amide bonds. The summed E-state index contributed by atoms with van der Waals surface area (Å²) in [4.78, 5) is 16.9. The molecule has 0 atom stereocenters. The first-order chi connectivity index (χ1) is 15.1. The van der Waals surface area contributed by atoms with Crippen LogP contribution in [0.4, 0.5) is 4.39 Å². The van der Waals surface area contributed by atoms with Crippen LogP contribution in [0.1, 0.15) is 24.8 Å². The normalized spacial score (nSPS) is 21.5. The van der Waals surface area contributed by atoms with E-state index in [1.54, 1.807) is 16.8 Å². The smallest absolute Gasteiger partial charge is 0.236 e. The standard InChI is InChI=1S/C23H27FN4O3/c24-20-1-3-21(4-2-20)28-16-19(15-25-28)18-5-9-26(10-6-18)17-22(29)27-11-7-23(8-12-27)30-13-14-31-23/h1-5,15-16H,6-14,17H2. The van der Waals surface area contributed by atoms with E-state index in [0.717, 1.165) is 43.6 Å². The molecule has 4 heterocycles. The van der Waals surface area contributed by atoms with Gasteiger partial charge in [0, 0.05) is 50.8 Å². The number of halogens is 1. The number of amides is 1. The Kier molecular flexibility index (Phi) is 5.60. The number of hydrogen-bond donors (Lipinski definition) is 0. The third-order valence-corrected chi connectivity index (χ3v) is 6.39. The molecule has 164 valence electrons. The predicted molar refractivity (Wildman–Crippen MR) is 113 cm³/mol. The van der Waals surface area contributed by atoms with E-state index in [1.807, 2.05) is 17.3 Å². The second-order valence-electron chi connectivity index (χ2n) is 8.35. The van der Waals surface area contributed by atoms with Gasteiger partial charge >= 0.3 is 0 Å². The van der Waals surface area contributed by atoms with Crippen LogP contribution in [0, 0.1) is 5.82 Å². The van der Waals surface area contributed by atoms with Crippen LogP contribution < -0.4 is 0 Å². The van der Waals surface area contributed by atoms with Crippen molar-refractivity contribution in [2.45, 2.75) is 25.0 Å². The van der Waals surface area contributed by atoms with Crippen molar-refractivity contribution in [2.24, 2.45) is 0 Å². The molecule has 2 saturated heterocycles. The highest BCUT2D eigenvalue weighted by atomic mass is 19.1. The molecule has 0 aliphatic carbocycles. The maximum absolute atomic E-state index is 13.1. The molecule has 2 fully saturated rings. The zero-order chi connectivity index (χ0) is 21.3. The Morgan fingerprint density at radius 3 is 2.52 bits per heavy atom. The van der Waals surface area contributed by atoms with Crippen LogP contribution in [-0.2, 0) is 14.3 Å². The fourth-order valence-electron chi connectivity index (χ4n) is 4.51. The minimum atomic E-state index is -0.447. The molecule has 0 unspecified atom stereocenters. The van der Waals surface area contributed by atoms with Gasteiger partial charge in [0.15, 0.2) is 5.79 Å². The summed E-state index contributed by atoms with van der Waals surface area (Å²) >= 11 is 0. The van der Waals surface area contributed by atoms with Gasteiger partial charge in [-0.1, -0.05) is 6.08 Å². The zero-order valence-electron chi connectivity index (χ0n) is 17.5. The number of likely N-dealkylation sites (tertiary alicyclic amines) is 1. The quantitative estimate of drug-likeness (QED) is 0.752. The number of nitrogens with zero attached hydrogens (tertiary/aromatic N) is 4. The minimum Gasteiger partial charge on any atom is -0.347 e. The van der Waals surface area contributed by atoms with E-state index in [1.165, 1.54) is 17.7 Å². The third kappa shape index (κ3) is 4.42. The first-order valence-electron chi connectivity index (χ1n) is 10.9. The fourth-order valence-corrected chi connectivity index (χ4v) is 4.51. The van der Waals surface area contributed by atoms with E-state index in [9.17, 15) is 9.18 Å². The molecule has 0 bridgehead atoms. The number of ether oxygens (including phenoxy) is 2.